The summed E-state index contributed by atoms with van der Waals surface area (Å²) >= 11 is 0. The molecular weight excluding hydrogens is 404 g/mol. The van der Waals surface area contributed by atoms with E-state index in [1.54, 1.807) is 7.11 Å². The first-order chi connectivity index (χ1) is 15.8. The number of tetrazole rings is 1. The van der Waals surface area contributed by atoms with Gasteiger partial charge in [-0.3, -0.25) is 4.90 Å². The molecule has 2 saturated heterocycles. The summed E-state index contributed by atoms with van der Waals surface area (Å²) < 4.78 is 13.2. The first-order valence-electron chi connectivity index (χ1n) is 11.4. The van der Waals surface area contributed by atoms with Crippen molar-refractivity contribution < 1.29 is 9.47 Å². The van der Waals surface area contributed by atoms with Crippen molar-refractivity contribution in [3.63, 3.8) is 0 Å². The maximum Gasteiger partial charge on any atom is 0.173 e. The molecule has 168 valence electrons. The third-order valence-corrected chi connectivity index (χ3v) is 6.44. The Balaban J connectivity index is 1.40. The fraction of sp³-hybridized carbons (Fsp3) is 0.458. The van der Waals surface area contributed by atoms with Gasteiger partial charge in [0.15, 0.2) is 5.82 Å². The van der Waals surface area contributed by atoms with Crippen LogP contribution in [0.5, 0.6) is 5.75 Å². The molecule has 3 aromatic rings. The van der Waals surface area contributed by atoms with Gasteiger partial charge in [0.2, 0.25) is 0 Å². The lowest BCUT2D eigenvalue weighted by Gasteiger charge is -2.40. The number of anilines is 1. The zero-order valence-electron chi connectivity index (χ0n) is 18.5. The van der Waals surface area contributed by atoms with Crippen molar-refractivity contribution in [2.75, 3.05) is 44.8 Å². The van der Waals surface area contributed by atoms with Gasteiger partial charge in [0.25, 0.3) is 0 Å². The predicted molar refractivity (Wildman–Crippen MR) is 122 cm³/mol. The lowest BCUT2D eigenvalue weighted by molar-refractivity contribution is 0.0906. The van der Waals surface area contributed by atoms with Gasteiger partial charge < -0.3 is 14.4 Å². The van der Waals surface area contributed by atoms with Crippen molar-refractivity contribution in [3.05, 3.63) is 66.0 Å². The van der Waals surface area contributed by atoms with Gasteiger partial charge in [0.1, 0.15) is 5.75 Å². The summed E-state index contributed by atoms with van der Waals surface area (Å²) in [5, 5.41) is 12.9. The Kier molecular flexibility index (Phi) is 6.31. The number of methoxy groups -OCH3 is 1. The van der Waals surface area contributed by atoms with Crippen molar-refractivity contribution in [1.82, 2.24) is 25.1 Å². The van der Waals surface area contributed by atoms with E-state index in [0.717, 1.165) is 57.2 Å². The van der Waals surface area contributed by atoms with Crippen molar-refractivity contribution in [2.45, 2.75) is 31.5 Å². The number of para-hydroxylation sites is 1. The van der Waals surface area contributed by atoms with Crippen LogP contribution in [0, 0.1) is 0 Å². The Morgan fingerprint density at radius 1 is 1.03 bits per heavy atom. The van der Waals surface area contributed by atoms with E-state index in [4.69, 9.17) is 9.47 Å². The van der Waals surface area contributed by atoms with Gasteiger partial charge >= 0.3 is 0 Å². The normalized spacial score (nSPS) is 20.4. The Bertz CT molecular complexity index is 979. The summed E-state index contributed by atoms with van der Waals surface area (Å²) in [6.07, 6.45) is 2.34. The first-order valence-corrected chi connectivity index (χ1v) is 11.4. The molecule has 0 radical (unpaired) electrons. The third kappa shape index (κ3) is 4.47. The molecular formula is C24H30N6O2. The average molecular weight is 435 g/mol. The molecule has 2 fully saturated rings. The van der Waals surface area contributed by atoms with Crippen LogP contribution in [0.1, 0.15) is 30.3 Å². The second-order valence-electron chi connectivity index (χ2n) is 8.39. The summed E-state index contributed by atoms with van der Waals surface area (Å²) in [6, 6.07) is 18.9. The molecule has 0 aliphatic carbocycles. The van der Waals surface area contributed by atoms with Crippen LogP contribution in [-0.2, 0) is 11.3 Å². The minimum atomic E-state index is -0.0183. The molecule has 2 atom stereocenters. The number of nitrogens with zero attached hydrogens (tertiary/aromatic N) is 6. The highest BCUT2D eigenvalue weighted by molar-refractivity contribution is 5.46. The minimum absolute atomic E-state index is 0.0183. The van der Waals surface area contributed by atoms with E-state index in [1.165, 1.54) is 11.3 Å². The van der Waals surface area contributed by atoms with Crippen LogP contribution < -0.4 is 9.64 Å². The maximum atomic E-state index is 5.85. The Labute approximate surface area is 188 Å². The molecule has 0 N–H and O–H groups in total. The molecule has 32 heavy (non-hydrogen) atoms. The van der Waals surface area contributed by atoms with Gasteiger partial charge in [-0.05, 0) is 53.1 Å². The Hall–Kier alpha value is -2.97. The van der Waals surface area contributed by atoms with Crippen LogP contribution in [0.3, 0.4) is 0 Å². The number of piperazine rings is 1. The fourth-order valence-electron chi connectivity index (χ4n) is 4.71. The van der Waals surface area contributed by atoms with Crippen molar-refractivity contribution in [1.29, 1.82) is 0 Å². The standard InChI is InChI=1S/C24H30N6O2/c1-31-21-11-9-19(10-12-21)23(24-25-26-27-30(24)18-22-8-5-17-32-22)29-15-13-28(14-16-29)20-6-3-2-4-7-20/h2-4,6-7,9-12,22-23H,5,8,13-18H2,1H3/t22-,23-/m0/s1. The van der Waals surface area contributed by atoms with Gasteiger partial charge in [-0.1, -0.05) is 30.3 Å². The van der Waals surface area contributed by atoms with E-state index in [0.29, 0.717) is 6.54 Å². The molecule has 0 amide bonds. The van der Waals surface area contributed by atoms with E-state index < -0.39 is 0 Å². The largest absolute Gasteiger partial charge is 0.497 e. The molecule has 2 aromatic carbocycles. The molecule has 0 saturated carbocycles. The topological polar surface area (TPSA) is 68.5 Å². The summed E-state index contributed by atoms with van der Waals surface area (Å²) in [5.41, 5.74) is 2.44. The van der Waals surface area contributed by atoms with E-state index in [1.807, 2.05) is 16.8 Å². The molecule has 1 aromatic heterocycles. The second kappa shape index (κ2) is 9.67. The maximum absolute atomic E-state index is 5.85. The van der Waals surface area contributed by atoms with Gasteiger partial charge in [0, 0.05) is 38.5 Å². The van der Waals surface area contributed by atoms with Crippen LogP contribution >= 0.6 is 0 Å². The molecule has 5 rings (SSSR count). The minimum Gasteiger partial charge on any atom is -0.497 e. The van der Waals surface area contributed by atoms with Crippen LogP contribution in [0.15, 0.2) is 54.6 Å². The highest BCUT2D eigenvalue weighted by Crippen LogP contribution is 2.30. The van der Waals surface area contributed by atoms with E-state index in [-0.39, 0.29) is 12.1 Å². The van der Waals surface area contributed by atoms with Crippen LogP contribution in [0.2, 0.25) is 0 Å². The third-order valence-electron chi connectivity index (χ3n) is 6.44. The molecule has 3 heterocycles. The van der Waals surface area contributed by atoms with Crippen LogP contribution in [0.25, 0.3) is 0 Å². The summed E-state index contributed by atoms with van der Waals surface area (Å²) in [7, 11) is 1.69. The number of benzene rings is 2. The number of hydrogen-bond acceptors (Lipinski definition) is 7. The fourth-order valence-corrected chi connectivity index (χ4v) is 4.71. The Morgan fingerprint density at radius 3 is 2.50 bits per heavy atom. The Morgan fingerprint density at radius 2 is 1.81 bits per heavy atom. The van der Waals surface area contributed by atoms with Gasteiger partial charge in [-0.25, -0.2) is 4.68 Å². The number of ether oxygens (including phenoxy) is 2. The monoisotopic (exact) mass is 434 g/mol. The molecule has 0 bridgehead atoms. The molecule has 2 aliphatic rings. The SMILES string of the molecule is COc1ccc([C@@H](c2nnnn2C[C@@H]2CCCO2)N2CCN(c3ccccc3)CC2)cc1. The molecule has 0 unspecified atom stereocenters. The lowest BCUT2D eigenvalue weighted by atomic mass is 10.0. The average Bonchev–Trinajstić information content (AvgIpc) is 3.54. The van der Waals surface area contributed by atoms with E-state index >= 15 is 0 Å². The van der Waals surface area contributed by atoms with E-state index in [2.05, 4.69) is 67.8 Å². The summed E-state index contributed by atoms with van der Waals surface area (Å²) in [4.78, 5) is 4.93. The van der Waals surface area contributed by atoms with Crippen molar-refractivity contribution in [2.24, 2.45) is 0 Å². The summed E-state index contributed by atoms with van der Waals surface area (Å²) in [5.74, 6) is 1.72. The number of aromatic nitrogens is 4. The first kappa shape index (κ1) is 20.9. The zero-order chi connectivity index (χ0) is 21.8. The molecule has 0 spiro atoms. The van der Waals surface area contributed by atoms with Crippen molar-refractivity contribution >= 4 is 5.69 Å². The predicted octanol–water partition coefficient (Wildman–Crippen LogP) is 2.77. The molecule has 8 nitrogen and oxygen atoms in total. The van der Waals surface area contributed by atoms with Crippen LogP contribution in [-0.4, -0.2) is 71.1 Å². The summed E-state index contributed by atoms with van der Waals surface area (Å²) in [6.45, 7) is 5.30. The quantitative estimate of drug-likeness (QED) is 0.566. The second-order valence-corrected chi connectivity index (χ2v) is 8.39. The van der Waals surface area contributed by atoms with Crippen molar-refractivity contribution in [3.8, 4) is 5.75 Å². The molecule has 2 aliphatic heterocycles. The lowest BCUT2D eigenvalue weighted by Crippen LogP contribution is -2.48. The number of hydrogen-bond donors (Lipinski definition) is 0. The zero-order valence-corrected chi connectivity index (χ0v) is 18.5. The molecule has 8 heteroatoms. The van der Waals surface area contributed by atoms with Gasteiger partial charge in [0.05, 0.1) is 25.8 Å². The van der Waals surface area contributed by atoms with Crippen LogP contribution in [0.4, 0.5) is 5.69 Å². The highest BCUT2D eigenvalue weighted by atomic mass is 16.5. The van der Waals surface area contributed by atoms with E-state index in [9.17, 15) is 0 Å². The number of rotatable bonds is 7. The highest BCUT2D eigenvalue weighted by Gasteiger charge is 2.31. The smallest absolute Gasteiger partial charge is 0.173 e. The van der Waals surface area contributed by atoms with Gasteiger partial charge in [-0.2, -0.15) is 0 Å². The van der Waals surface area contributed by atoms with Gasteiger partial charge in [-0.15, -0.1) is 5.10 Å².